The van der Waals surface area contributed by atoms with Crippen LogP contribution in [0.1, 0.15) is 50.6 Å². The summed E-state index contributed by atoms with van der Waals surface area (Å²) >= 11 is 1.45. The first-order valence-electron chi connectivity index (χ1n) is 11.7. The van der Waals surface area contributed by atoms with Crippen molar-refractivity contribution in [2.75, 3.05) is 19.5 Å². The summed E-state index contributed by atoms with van der Waals surface area (Å²) in [4.78, 5) is 12.9. The second-order valence-electron chi connectivity index (χ2n) is 8.66. The molecule has 0 radical (unpaired) electrons. The number of methoxy groups -OCH3 is 2. The average molecular weight is 481 g/mol. The first kappa shape index (κ1) is 24.1. The smallest absolute Gasteiger partial charge is 0.237 e. The van der Waals surface area contributed by atoms with Crippen molar-refractivity contribution in [3.05, 3.63) is 48.0 Å². The molecule has 0 aliphatic heterocycles. The first-order chi connectivity index (χ1) is 16.5. The minimum atomic E-state index is -0.328. The number of carbonyl (C=O) groups excluding carboxylic acids is 1. The SMILES string of the molecule is COc1ccc(-c2nnc(SC(C)C(=O)Nc3cccc(C)c3)n2C2CCCCC2)cc1OC. The van der Waals surface area contributed by atoms with E-state index in [1.54, 1.807) is 14.2 Å². The minimum Gasteiger partial charge on any atom is -0.493 e. The molecule has 0 saturated heterocycles. The number of aromatic nitrogens is 3. The maximum Gasteiger partial charge on any atom is 0.237 e. The highest BCUT2D eigenvalue weighted by Crippen LogP contribution is 2.38. The van der Waals surface area contributed by atoms with E-state index < -0.39 is 0 Å². The zero-order valence-electron chi connectivity index (χ0n) is 20.2. The van der Waals surface area contributed by atoms with Crippen LogP contribution in [0.4, 0.5) is 5.69 Å². The van der Waals surface area contributed by atoms with E-state index in [1.165, 1.54) is 31.0 Å². The van der Waals surface area contributed by atoms with Gasteiger partial charge in [-0.3, -0.25) is 9.36 Å². The molecular formula is C26H32N4O3S. The lowest BCUT2D eigenvalue weighted by atomic mass is 9.95. The van der Waals surface area contributed by atoms with E-state index in [0.717, 1.165) is 40.6 Å². The maximum absolute atomic E-state index is 12.9. The van der Waals surface area contributed by atoms with Gasteiger partial charge in [-0.25, -0.2) is 0 Å². The van der Waals surface area contributed by atoms with Gasteiger partial charge in [0.05, 0.1) is 19.5 Å². The molecule has 1 heterocycles. The minimum absolute atomic E-state index is 0.0542. The molecule has 1 amide bonds. The molecule has 7 nitrogen and oxygen atoms in total. The van der Waals surface area contributed by atoms with Gasteiger partial charge in [0.2, 0.25) is 5.91 Å². The number of carbonyl (C=O) groups is 1. The van der Waals surface area contributed by atoms with Gasteiger partial charge in [-0.05, 0) is 62.6 Å². The lowest BCUT2D eigenvalue weighted by molar-refractivity contribution is -0.115. The third-order valence-corrected chi connectivity index (χ3v) is 7.24. The molecule has 0 bridgehead atoms. The van der Waals surface area contributed by atoms with Crippen molar-refractivity contribution in [1.82, 2.24) is 14.8 Å². The van der Waals surface area contributed by atoms with Gasteiger partial charge in [0, 0.05) is 17.3 Å². The summed E-state index contributed by atoms with van der Waals surface area (Å²) < 4.78 is 13.1. The van der Waals surface area contributed by atoms with Crippen LogP contribution in [0.5, 0.6) is 11.5 Å². The number of rotatable bonds is 8. The summed E-state index contributed by atoms with van der Waals surface area (Å²) in [5.41, 5.74) is 2.83. The quantitative estimate of drug-likeness (QED) is 0.405. The van der Waals surface area contributed by atoms with E-state index in [0.29, 0.717) is 17.5 Å². The molecule has 3 aromatic rings. The summed E-state index contributed by atoms with van der Waals surface area (Å²) in [6.45, 7) is 3.92. The molecule has 1 saturated carbocycles. The van der Waals surface area contributed by atoms with E-state index in [4.69, 9.17) is 9.47 Å². The number of anilines is 1. The van der Waals surface area contributed by atoms with E-state index in [9.17, 15) is 4.79 Å². The van der Waals surface area contributed by atoms with Gasteiger partial charge >= 0.3 is 0 Å². The zero-order valence-corrected chi connectivity index (χ0v) is 21.0. The van der Waals surface area contributed by atoms with Gasteiger partial charge in [0.15, 0.2) is 22.5 Å². The second kappa shape index (κ2) is 11.0. The fourth-order valence-electron chi connectivity index (χ4n) is 4.38. The van der Waals surface area contributed by atoms with Crippen LogP contribution in [0.25, 0.3) is 11.4 Å². The Hall–Kier alpha value is -3.00. The van der Waals surface area contributed by atoms with Gasteiger partial charge in [-0.1, -0.05) is 43.2 Å². The standard InChI is InChI=1S/C26H32N4O3S/c1-17-9-8-10-20(15-17)27-25(31)18(2)34-26-29-28-24(30(26)21-11-6-5-7-12-21)19-13-14-22(32-3)23(16-19)33-4/h8-10,13-16,18,21H,5-7,11-12H2,1-4H3,(H,27,31). The number of thioether (sulfide) groups is 1. The number of ether oxygens (including phenoxy) is 2. The van der Waals surface area contributed by atoms with Crippen LogP contribution >= 0.6 is 11.8 Å². The molecule has 1 fully saturated rings. The van der Waals surface area contributed by atoms with E-state index >= 15 is 0 Å². The van der Waals surface area contributed by atoms with Crippen LogP contribution in [0.3, 0.4) is 0 Å². The Morgan fingerprint density at radius 3 is 2.53 bits per heavy atom. The summed E-state index contributed by atoms with van der Waals surface area (Å²) in [5.74, 6) is 2.06. The fourth-order valence-corrected chi connectivity index (χ4v) is 5.30. The molecular weight excluding hydrogens is 448 g/mol. The summed E-state index contributed by atoms with van der Waals surface area (Å²) in [6, 6.07) is 13.9. The highest BCUT2D eigenvalue weighted by molar-refractivity contribution is 8.00. The number of aryl methyl sites for hydroxylation is 1. The van der Waals surface area contributed by atoms with Crippen LogP contribution in [-0.4, -0.2) is 40.1 Å². The lowest BCUT2D eigenvalue weighted by Gasteiger charge is -2.26. The molecule has 2 aromatic carbocycles. The predicted octanol–water partition coefficient (Wildman–Crippen LogP) is 5.90. The van der Waals surface area contributed by atoms with Crippen molar-refractivity contribution >= 4 is 23.4 Å². The Morgan fingerprint density at radius 1 is 1.06 bits per heavy atom. The molecule has 34 heavy (non-hydrogen) atoms. The molecule has 4 rings (SSSR count). The van der Waals surface area contributed by atoms with Gasteiger partial charge < -0.3 is 14.8 Å². The van der Waals surface area contributed by atoms with Crippen molar-refractivity contribution in [3.8, 4) is 22.9 Å². The van der Waals surface area contributed by atoms with Crippen LogP contribution < -0.4 is 14.8 Å². The zero-order chi connectivity index (χ0) is 24.1. The van der Waals surface area contributed by atoms with Gasteiger partial charge in [0.1, 0.15) is 0 Å². The Labute approximate surface area is 205 Å². The van der Waals surface area contributed by atoms with Crippen LogP contribution in [0.2, 0.25) is 0 Å². The molecule has 1 unspecified atom stereocenters. The molecule has 1 aromatic heterocycles. The number of hydrogen-bond donors (Lipinski definition) is 1. The van der Waals surface area contributed by atoms with Crippen molar-refractivity contribution < 1.29 is 14.3 Å². The van der Waals surface area contributed by atoms with Crippen LogP contribution in [0, 0.1) is 6.92 Å². The maximum atomic E-state index is 12.9. The number of nitrogens with one attached hydrogen (secondary N) is 1. The monoisotopic (exact) mass is 480 g/mol. The molecule has 0 spiro atoms. The molecule has 1 aliphatic carbocycles. The highest BCUT2D eigenvalue weighted by Gasteiger charge is 2.27. The summed E-state index contributed by atoms with van der Waals surface area (Å²) in [5, 5.41) is 12.6. The van der Waals surface area contributed by atoms with E-state index in [1.807, 2.05) is 56.3 Å². The van der Waals surface area contributed by atoms with Gasteiger partial charge in [0.25, 0.3) is 0 Å². The highest BCUT2D eigenvalue weighted by atomic mass is 32.2. The number of amides is 1. The van der Waals surface area contributed by atoms with Crippen LogP contribution in [0.15, 0.2) is 47.6 Å². The summed E-state index contributed by atoms with van der Waals surface area (Å²) in [6.07, 6.45) is 5.77. The average Bonchev–Trinajstić information content (AvgIpc) is 3.27. The molecule has 1 N–H and O–H groups in total. The number of hydrogen-bond acceptors (Lipinski definition) is 6. The molecule has 180 valence electrons. The molecule has 8 heteroatoms. The van der Waals surface area contributed by atoms with Crippen molar-refractivity contribution in [2.45, 2.75) is 62.4 Å². The van der Waals surface area contributed by atoms with Crippen molar-refractivity contribution in [2.24, 2.45) is 0 Å². The predicted molar refractivity (Wildman–Crippen MR) is 136 cm³/mol. The van der Waals surface area contributed by atoms with Gasteiger partial charge in [-0.2, -0.15) is 0 Å². The molecule has 1 aliphatic rings. The van der Waals surface area contributed by atoms with E-state index in [-0.39, 0.29) is 11.2 Å². The number of benzene rings is 2. The normalized spacial score (nSPS) is 15.1. The Bertz CT molecular complexity index is 1140. The third-order valence-electron chi connectivity index (χ3n) is 6.18. The topological polar surface area (TPSA) is 78.3 Å². The molecule has 1 atom stereocenters. The Balaban J connectivity index is 1.62. The fraction of sp³-hybridized carbons (Fsp3) is 0.423. The second-order valence-corrected chi connectivity index (χ2v) is 9.96. The summed E-state index contributed by atoms with van der Waals surface area (Å²) in [7, 11) is 3.25. The van der Waals surface area contributed by atoms with Crippen molar-refractivity contribution in [3.63, 3.8) is 0 Å². The third kappa shape index (κ3) is 5.38. The first-order valence-corrected chi connectivity index (χ1v) is 12.6. The van der Waals surface area contributed by atoms with Crippen molar-refractivity contribution in [1.29, 1.82) is 0 Å². The number of nitrogens with zero attached hydrogens (tertiary/aromatic N) is 3. The Morgan fingerprint density at radius 2 is 1.82 bits per heavy atom. The lowest BCUT2D eigenvalue weighted by Crippen LogP contribution is -2.23. The Kier molecular flexibility index (Phi) is 7.77. The van der Waals surface area contributed by atoms with E-state index in [2.05, 4.69) is 20.1 Å². The largest absolute Gasteiger partial charge is 0.493 e. The van der Waals surface area contributed by atoms with Crippen LogP contribution in [-0.2, 0) is 4.79 Å². The van der Waals surface area contributed by atoms with Gasteiger partial charge in [-0.15, -0.1) is 10.2 Å².